The van der Waals surface area contributed by atoms with Gasteiger partial charge in [0, 0.05) is 28.7 Å². The molecule has 1 aliphatic carbocycles. The summed E-state index contributed by atoms with van der Waals surface area (Å²) in [5.74, 6) is 1.67. The molecule has 1 spiro atoms. The minimum atomic E-state index is -0.508. The first kappa shape index (κ1) is 33.4. The van der Waals surface area contributed by atoms with E-state index in [4.69, 9.17) is 4.74 Å². The molecule has 0 amide bonds. The lowest BCUT2D eigenvalue weighted by Gasteiger charge is -2.40. The van der Waals surface area contributed by atoms with E-state index in [0.29, 0.717) is 0 Å². The van der Waals surface area contributed by atoms with Crippen LogP contribution in [-0.2, 0) is 5.41 Å². The fraction of sp³-hybridized carbons (Fsp3) is 0.0370. The number of allylic oxidation sites excluding steroid dienone is 4. The van der Waals surface area contributed by atoms with Crippen molar-refractivity contribution in [2.24, 2.45) is 0 Å². The second-order valence-electron chi connectivity index (χ2n) is 14.6. The van der Waals surface area contributed by atoms with Crippen molar-refractivity contribution in [1.82, 2.24) is 0 Å². The van der Waals surface area contributed by atoms with Gasteiger partial charge in [-0.3, -0.25) is 0 Å². The van der Waals surface area contributed by atoms with Gasteiger partial charge < -0.3 is 9.64 Å². The summed E-state index contributed by atoms with van der Waals surface area (Å²) < 4.78 is 6.93. The van der Waals surface area contributed by atoms with Gasteiger partial charge in [0.2, 0.25) is 0 Å². The number of ether oxygens (including phenoxy) is 1. The van der Waals surface area contributed by atoms with Crippen molar-refractivity contribution in [3.8, 4) is 39.1 Å². The molecule has 56 heavy (non-hydrogen) atoms. The Kier molecular flexibility index (Phi) is 8.12. The SMILES string of the molecule is C=C/C=C\C1=C(C)C2(c3ccc(N(c4ccc(-c5ccc(-c6ccccc6)cc5)cc4)c4ccc5ccccc5c4)cc3O1)c1ccccc1-c1ccccc12. The van der Waals surface area contributed by atoms with Gasteiger partial charge in [0.1, 0.15) is 11.5 Å². The van der Waals surface area contributed by atoms with Gasteiger partial charge in [-0.2, -0.15) is 0 Å². The Morgan fingerprint density at radius 3 is 1.66 bits per heavy atom. The normalized spacial score (nSPS) is 13.7. The molecule has 0 fully saturated rings. The maximum atomic E-state index is 6.93. The van der Waals surface area contributed by atoms with Crippen molar-refractivity contribution in [1.29, 1.82) is 0 Å². The van der Waals surface area contributed by atoms with Crippen molar-refractivity contribution in [2.45, 2.75) is 12.3 Å². The first-order chi connectivity index (χ1) is 27.6. The number of hydrogen-bond acceptors (Lipinski definition) is 2. The minimum Gasteiger partial charge on any atom is -0.457 e. The Balaban J connectivity index is 1.12. The third kappa shape index (κ3) is 5.33. The molecular formula is C54H39NO. The average Bonchev–Trinajstić information content (AvgIpc) is 3.56. The standard InChI is InChI=1S/C54H39NO/c1-3-4-22-52-37(2)54(49-20-12-10-18-47(49)48-19-11-13-21-50(48)54)51-34-33-46(36-53(51)56-52)55(45-32-29-39-16-8-9-17-43(39)35-45)44-30-27-42(28-31-44)41-25-23-40(24-26-41)38-14-6-5-7-15-38/h3-36H,1H2,2H3/b22-4-. The highest BCUT2D eigenvalue weighted by Gasteiger charge is 2.50. The van der Waals surface area contributed by atoms with Crippen LogP contribution < -0.4 is 9.64 Å². The van der Waals surface area contributed by atoms with Gasteiger partial charge in [-0.15, -0.1) is 0 Å². The number of benzene rings is 8. The zero-order valence-electron chi connectivity index (χ0n) is 31.2. The second-order valence-corrected chi connectivity index (χ2v) is 14.6. The van der Waals surface area contributed by atoms with Gasteiger partial charge in [0.15, 0.2) is 0 Å². The molecule has 2 heteroatoms. The van der Waals surface area contributed by atoms with Crippen LogP contribution in [0.3, 0.4) is 0 Å². The van der Waals surface area contributed by atoms with E-state index >= 15 is 0 Å². The van der Waals surface area contributed by atoms with E-state index in [1.165, 1.54) is 55.3 Å². The molecule has 0 radical (unpaired) electrons. The van der Waals surface area contributed by atoms with Crippen LogP contribution >= 0.6 is 0 Å². The van der Waals surface area contributed by atoms with Gasteiger partial charge in [0.05, 0.1) is 5.41 Å². The first-order valence-corrected chi connectivity index (χ1v) is 19.2. The molecule has 0 unspecified atom stereocenters. The highest BCUT2D eigenvalue weighted by atomic mass is 16.5. The van der Waals surface area contributed by atoms with Gasteiger partial charge in [0.25, 0.3) is 0 Å². The van der Waals surface area contributed by atoms with E-state index < -0.39 is 5.41 Å². The molecule has 1 heterocycles. The summed E-state index contributed by atoms with van der Waals surface area (Å²) in [6.45, 7) is 6.19. The fourth-order valence-electron chi connectivity index (χ4n) is 8.92. The van der Waals surface area contributed by atoms with Crippen molar-refractivity contribution < 1.29 is 4.74 Å². The summed E-state index contributed by atoms with van der Waals surface area (Å²) in [6.07, 6.45) is 5.82. The number of rotatable bonds is 7. The van der Waals surface area contributed by atoms with Gasteiger partial charge in [-0.05, 0) is 104 Å². The molecule has 1 aliphatic heterocycles. The van der Waals surface area contributed by atoms with E-state index in [0.717, 1.165) is 39.7 Å². The third-order valence-electron chi connectivity index (χ3n) is 11.6. The van der Waals surface area contributed by atoms with Crippen molar-refractivity contribution in [3.63, 3.8) is 0 Å². The topological polar surface area (TPSA) is 12.5 Å². The van der Waals surface area contributed by atoms with E-state index in [1.807, 2.05) is 12.2 Å². The number of anilines is 3. The van der Waals surface area contributed by atoms with Gasteiger partial charge in [-0.1, -0.05) is 170 Å². The van der Waals surface area contributed by atoms with Crippen molar-refractivity contribution >= 4 is 27.8 Å². The molecule has 266 valence electrons. The Morgan fingerprint density at radius 2 is 1.00 bits per heavy atom. The average molecular weight is 718 g/mol. The zero-order valence-corrected chi connectivity index (χ0v) is 31.2. The Labute approximate surface area is 328 Å². The van der Waals surface area contributed by atoms with E-state index in [9.17, 15) is 0 Å². The molecule has 2 aliphatic rings. The molecule has 8 aromatic carbocycles. The highest BCUT2D eigenvalue weighted by Crippen LogP contribution is 2.61. The fourth-order valence-corrected chi connectivity index (χ4v) is 8.92. The maximum absolute atomic E-state index is 6.93. The second kappa shape index (κ2) is 13.6. The van der Waals surface area contributed by atoms with Crippen LogP contribution in [0.1, 0.15) is 23.6 Å². The predicted molar refractivity (Wildman–Crippen MR) is 234 cm³/mol. The lowest BCUT2D eigenvalue weighted by molar-refractivity contribution is 0.399. The van der Waals surface area contributed by atoms with E-state index in [-0.39, 0.29) is 0 Å². The van der Waals surface area contributed by atoms with Crippen LogP contribution in [-0.4, -0.2) is 0 Å². The maximum Gasteiger partial charge on any atom is 0.134 e. The first-order valence-electron chi connectivity index (χ1n) is 19.2. The summed E-state index contributed by atoms with van der Waals surface area (Å²) in [7, 11) is 0. The largest absolute Gasteiger partial charge is 0.457 e. The summed E-state index contributed by atoms with van der Waals surface area (Å²) in [6, 6.07) is 67.9. The molecule has 0 bridgehead atoms. The molecule has 0 N–H and O–H groups in total. The van der Waals surface area contributed by atoms with Crippen LogP contribution in [0.4, 0.5) is 17.1 Å². The molecule has 10 rings (SSSR count). The lowest BCUT2D eigenvalue weighted by Crippen LogP contribution is -2.33. The summed E-state index contributed by atoms with van der Waals surface area (Å²) >= 11 is 0. The summed E-state index contributed by atoms with van der Waals surface area (Å²) in [4.78, 5) is 2.34. The van der Waals surface area contributed by atoms with Crippen LogP contribution in [0.2, 0.25) is 0 Å². The molecule has 0 atom stereocenters. The third-order valence-corrected chi connectivity index (χ3v) is 11.6. The molecular weight excluding hydrogens is 679 g/mol. The monoisotopic (exact) mass is 717 g/mol. The van der Waals surface area contributed by atoms with Crippen molar-refractivity contribution in [3.05, 3.63) is 241 Å². The molecule has 0 aromatic heterocycles. The minimum absolute atomic E-state index is 0.508. The van der Waals surface area contributed by atoms with Crippen LogP contribution in [0.25, 0.3) is 44.2 Å². The Bertz CT molecular complexity index is 2800. The van der Waals surface area contributed by atoms with Gasteiger partial charge in [-0.25, -0.2) is 0 Å². The molecule has 8 aromatic rings. The smallest absolute Gasteiger partial charge is 0.134 e. The Hall–Kier alpha value is -7.16. The summed E-state index contributed by atoms with van der Waals surface area (Å²) in [5, 5.41) is 2.40. The van der Waals surface area contributed by atoms with E-state index in [2.05, 4.69) is 213 Å². The van der Waals surface area contributed by atoms with Crippen molar-refractivity contribution in [2.75, 3.05) is 4.90 Å². The Morgan fingerprint density at radius 1 is 0.482 bits per heavy atom. The van der Waals surface area contributed by atoms with Gasteiger partial charge >= 0.3 is 0 Å². The van der Waals surface area contributed by atoms with E-state index in [1.54, 1.807) is 0 Å². The molecule has 2 nitrogen and oxygen atoms in total. The predicted octanol–water partition coefficient (Wildman–Crippen LogP) is 14.4. The number of hydrogen-bond donors (Lipinski definition) is 0. The van der Waals surface area contributed by atoms with Crippen LogP contribution in [0.15, 0.2) is 224 Å². The zero-order chi connectivity index (χ0) is 37.6. The van der Waals surface area contributed by atoms with Crippen LogP contribution in [0.5, 0.6) is 5.75 Å². The number of nitrogens with zero attached hydrogens (tertiary/aromatic N) is 1. The van der Waals surface area contributed by atoms with Crippen LogP contribution in [0, 0.1) is 0 Å². The lowest BCUT2D eigenvalue weighted by atomic mass is 9.66. The summed E-state index contributed by atoms with van der Waals surface area (Å²) in [5.41, 5.74) is 14.8. The highest BCUT2D eigenvalue weighted by molar-refractivity contribution is 5.91. The molecule has 0 saturated carbocycles. The molecule has 0 saturated heterocycles. The number of fused-ring (bicyclic) bond motifs is 8. The quantitative estimate of drug-likeness (QED) is 0.152.